The maximum Gasteiger partial charge on any atom is 0.305 e. The van der Waals surface area contributed by atoms with Gasteiger partial charge in [-0.2, -0.15) is 0 Å². The number of phenolic OH excluding ortho intramolecular Hbond substituents is 1. The van der Waals surface area contributed by atoms with Gasteiger partial charge in [-0.1, -0.05) is 12.1 Å². The number of hydrogen-bond donors (Lipinski definition) is 2. The summed E-state index contributed by atoms with van der Waals surface area (Å²) < 4.78 is 5.32. The summed E-state index contributed by atoms with van der Waals surface area (Å²) in [4.78, 5) is 14.7. The van der Waals surface area contributed by atoms with Crippen LogP contribution in [0.25, 0.3) is 0 Å². The molecule has 1 unspecified atom stereocenters. The summed E-state index contributed by atoms with van der Waals surface area (Å²) in [6.07, 6.45) is 0.466. The number of rotatable bonds is 4. The van der Waals surface area contributed by atoms with E-state index < -0.39 is 5.97 Å². The molecule has 0 aromatic heterocycles. The molecule has 0 spiro atoms. The lowest BCUT2D eigenvalue weighted by atomic mass is 10.1. The summed E-state index contributed by atoms with van der Waals surface area (Å²) in [6.45, 7) is 0.320. The van der Waals surface area contributed by atoms with Crippen molar-refractivity contribution >= 4 is 11.9 Å². The first kappa shape index (κ1) is 11.4. The maximum absolute atomic E-state index is 10.5. The molecule has 0 amide bonds. The number of phenols is 1. The van der Waals surface area contributed by atoms with Crippen molar-refractivity contribution in [2.75, 3.05) is 6.61 Å². The lowest BCUT2D eigenvalue weighted by molar-refractivity contribution is -0.137. The molecule has 0 saturated carbocycles. The van der Waals surface area contributed by atoms with Gasteiger partial charge in [-0.15, -0.1) is 0 Å². The van der Waals surface area contributed by atoms with Crippen molar-refractivity contribution in [1.82, 2.24) is 0 Å². The highest BCUT2D eigenvalue weighted by atomic mass is 16.5. The predicted octanol–water partition coefficient (Wildman–Crippen LogP) is 1.21. The number of benzene rings is 1. The topological polar surface area (TPSA) is 79.1 Å². The first-order valence-corrected chi connectivity index (χ1v) is 5.32. The highest BCUT2D eigenvalue weighted by Crippen LogP contribution is 2.15. The van der Waals surface area contributed by atoms with E-state index in [4.69, 9.17) is 9.84 Å². The molecule has 0 saturated heterocycles. The number of carbonyl (C=O) groups is 1. The Balaban J connectivity index is 1.98. The fourth-order valence-corrected chi connectivity index (χ4v) is 1.71. The Morgan fingerprint density at radius 1 is 1.53 bits per heavy atom. The van der Waals surface area contributed by atoms with Gasteiger partial charge >= 0.3 is 5.97 Å². The number of aliphatic carboxylic acids is 1. The third-order valence-corrected chi connectivity index (χ3v) is 2.45. The fraction of sp³-hybridized carbons (Fsp3) is 0.333. The monoisotopic (exact) mass is 235 g/mol. The molecule has 0 radical (unpaired) electrons. The molecule has 1 aromatic rings. The van der Waals surface area contributed by atoms with Crippen molar-refractivity contribution in [3.63, 3.8) is 0 Å². The molecular weight excluding hydrogens is 222 g/mol. The van der Waals surface area contributed by atoms with E-state index in [2.05, 4.69) is 4.99 Å². The van der Waals surface area contributed by atoms with Gasteiger partial charge in [-0.3, -0.25) is 4.79 Å². The average Bonchev–Trinajstić information content (AvgIpc) is 2.64. The zero-order chi connectivity index (χ0) is 12.3. The minimum absolute atomic E-state index is 0.0104. The molecule has 0 fully saturated rings. The lowest BCUT2D eigenvalue weighted by Gasteiger charge is -2.01. The summed E-state index contributed by atoms with van der Waals surface area (Å²) in [7, 11) is 0. The van der Waals surface area contributed by atoms with Crippen molar-refractivity contribution in [2.45, 2.75) is 18.9 Å². The number of aromatic hydroxyl groups is 1. The number of aliphatic imine (C=N–C) groups is 1. The van der Waals surface area contributed by atoms with E-state index in [0.29, 0.717) is 18.9 Å². The van der Waals surface area contributed by atoms with Crippen LogP contribution in [-0.2, 0) is 16.0 Å². The molecular formula is C12H13NO4. The molecule has 1 aromatic carbocycles. The van der Waals surface area contributed by atoms with Crippen LogP contribution in [0.15, 0.2) is 29.3 Å². The smallest absolute Gasteiger partial charge is 0.305 e. The van der Waals surface area contributed by atoms with Crippen molar-refractivity contribution in [2.24, 2.45) is 4.99 Å². The standard InChI is InChI=1S/C12H13NO4/c14-10-3-1-2-8(4-10)5-11-13-9(7-17-11)6-12(15)16/h1-4,9,14H,5-7H2,(H,15,16). The van der Waals surface area contributed by atoms with E-state index in [9.17, 15) is 9.90 Å². The van der Waals surface area contributed by atoms with Gasteiger partial charge in [0.1, 0.15) is 12.4 Å². The molecule has 5 nitrogen and oxygen atoms in total. The summed E-state index contributed by atoms with van der Waals surface area (Å²) in [5.74, 6) is -0.147. The highest BCUT2D eigenvalue weighted by Gasteiger charge is 2.21. The Kier molecular flexibility index (Phi) is 3.27. The van der Waals surface area contributed by atoms with E-state index in [1.807, 2.05) is 6.07 Å². The molecule has 17 heavy (non-hydrogen) atoms. The summed E-state index contributed by atoms with van der Waals surface area (Å²) in [6, 6.07) is 6.54. The molecule has 1 aliphatic heterocycles. The van der Waals surface area contributed by atoms with Crippen LogP contribution in [0.1, 0.15) is 12.0 Å². The summed E-state index contributed by atoms with van der Waals surface area (Å²) in [5, 5.41) is 17.9. The number of hydrogen-bond acceptors (Lipinski definition) is 4. The highest BCUT2D eigenvalue weighted by molar-refractivity contribution is 5.81. The summed E-state index contributed by atoms with van der Waals surface area (Å²) in [5.41, 5.74) is 0.889. The molecule has 90 valence electrons. The van der Waals surface area contributed by atoms with E-state index >= 15 is 0 Å². The third kappa shape index (κ3) is 3.21. The predicted molar refractivity (Wildman–Crippen MR) is 61.2 cm³/mol. The van der Waals surface area contributed by atoms with Crippen molar-refractivity contribution in [3.8, 4) is 5.75 Å². The minimum atomic E-state index is -0.874. The van der Waals surface area contributed by atoms with Gasteiger partial charge in [0.2, 0.25) is 0 Å². The maximum atomic E-state index is 10.5. The molecule has 2 N–H and O–H groups in total. The fourth-order valence-electron chi connectivity index (χ4n) is 1.71. The van der Waals surface area contributed by atoms with E-state index in [-0.39, 0.29) is 18.2 Å². The first-order chi connectivity index (χ1) is 8.13. The number of carboxylic acid groups (broad SMARTS) is 1. The second-order valence-corrected chi connectivity index (χ2v) is 3.93. The van der Waals surface area contributed by atoms with E-state index in [0.717, 1.165) is 5.56 Å². The van der Waals surface area contributed by atoms with Gasteiger partial charge < -0.3 is 14.9 Å². The van der Waals surface area contributed by atoms with E-state index in [1.54, 1.807) is 18.2 Å². The minimum Gasteiger partial charge on any atom is -0.508 e. The van der Waals surface area contributed by atoms with Crippen LogP contribution >= 0.6 is 0 Å². The molecule has 5 heteroatoms. The molecule has 0 bridgehead atoms. The van der Waals surface area contributed by atoms with Crippen LogP contribution < -0.4 is 0 Å². The SMILES string of the molecule is O=C(O)CC1COC(Cc2cccc(O)c2)=N1. The molecule has 1 atom stereocenters. The quantitative estimate of drug-likeness (QED) is 0.822. The molecule has 1 aliphatic rings. The van der Waals surface area contributed by atoms with Crippen molar-refractivity contribution < 1.29 is 19.7 Å². The number of nitrogens with zero attached hydrogens (tertiary/aromatic N) is 1. The van der Waals surface area contributed by atoms with Gasteiger partial charge in [-0.05, 0) is 17.7 Å². The number of carboxylic acids is 1. The van der Waals surface area contributed by atoms with Gasteiger partial charge in [0.25, 0.3) is 0 Å². The van der Waals surface area contributed by atoms with Crippen LogP contribution in [0.5, 0.6) is 5.75 Å². The zero-order valence-corrected chi connectivity index (χ0v) is 9.17. The van der Waals surface area contributed by atoms with Crippen LogP contribution in [-0.4, -0.2) is 34.7 Å². The average molecular weight is 235 g/mol. The van der Waals surface area contributed by atoms with Gasteiger partial charge in [0, 0.05) is 6.42 Å². The molecule has 0 aliphatic carbocycles. The summed E-state index contributed by atoms with van der Waals surface area (Å²) >= 11 is 0. The largest absolute Gasteiger partial charge is 0.508 e. The van der Waals surface area contributed by atoms with Crippen LogP contribution in [0.3, 0.4) is 0 Å². The van der Waals surface area contributed by atoms with Crippen molar-refractivity contribution in [3.05, 3.63) is 29.8 Å². The Morgan fingerprint density at radius 3 is 3.06 bits per heavy atom. The third-order valence-electron chi connectivity index (χ3n) is 2.45. The number of ether oxygens (including phenoxy) is 1. The van der Waals surface area contributed by atoms with Crippen molar-refractivity contribution in [1.29, 1.82) is 0 Å². The second-order valence-electron chi connectivity index (χ2n) is 3.93. The molecule has 1 heterocycles. The van der Waals surface area contributed by atoms with Crippen LogP contribution in [0, 0.1) is 0 Å². The Labute approximate surface area is 98.4 Å². The molecule has 2 rings (SSSR count). The van der Waals surface area contributed by atoms with Gasteiger partial charge in [-0.25, -0.2) is 4.99 Å². The zero-order valence-electron chi connectivity index (χ0n) is 9.17. The Bertz CT molecular complexity index is 456. The lowest BCUT2D eigenvalue weighted by Crippen LogP contribution is -2.12. The Hall–Kier alpha value is -2.04. The van der Waals surface area contributed by atoms with Crippen LogP contribution in [0.4, 0.5) is 0 Å². The van der Waals surface area contributed by atoms with E-state index in [1.165, 1.54) is 0 Å². The van der Waals surface area contributed by atoms with Crippen LogP contribution in [0.2, 0.25) is 0 Å². The van der Waals surface area contributed by atoms with Gasteiger partial charge in [0.15, 0.2) is 5.90 Å². The Morgan fingerprint density at radius 2 is 2.35 bits per heavy atom. The van der Waals surface area contributed by atoms with Gasteiger partial charge in [0.05, 0.1) is 12.5 Å². The normalized spacial score (nSPS) is 18.6. The first-order valence-electron chi connectivity index (χ1n) is 5.32. The second kappa shape index (κ2) is 4.86.